The minimum atomic E-state index is -2.77. The molecule has 0 amide bonds. The third-order valence-electron chi connectivity index (χ3n) is 3.20. The number of rotatable bonds is 4. The van der Waals surface area contributed by atoms with Gasteiger partial charge >= 0.3 is 5.97 Å². The predicted molar refractivity (Wildman–Crippen MR) is 63.9 cm³/mol. The number of anilines is 1. The normalized spacial score (nSPS) is 22.5. The van der Waals surface area contributed by atoms with Crippen molar-refractivity contribution in [3.05, 3.63) is 28.8 Å². The first-order valence-corrected chi connectivity index (χ1v) is 5.83. The molecule has 0 spiro atoms. The Bertz CT molecular complexity index is 493. The molecule has 0 saturated heterocycles. The number of carboxylic acids is 1. The molecule has 0 heterocycles. The lowest BCUT2D eigenvalue weighted by Crippen LogP contribution is -2.12. The number of benzene rings is 1. The molecule has 0 aromatic heterocycles. The van der Waals surface area contributed by atoms with Crippen LogP contribution in [0.2, 0.25) is 5.02 Å². The van der Waals surface area contributed by atoms with Crippen LogP contribution in [-0.2, 0) is 4.79 Å². The number of carbonyl (C=O) groups is 1. The summed E-state index contributed by atoms with van der Waals surface area (Å²) >= 11 is 5.75. The fourth-order valence-corrected chi connectivity index (χ4v) is 2.26. The Morgan fingerprint density at radius 3 is 2.67 bits per heavy atom. The van der Waals surface area contributed by atoms with Gasteiger partial charge < -0.3 is 10.8 Å². The molecule has 2 unspecified atom stereocenters. The fourth-order valence-electron chi connectivity index (χ4n) is 2.14. The van der Waals surface area contributed by atoms with E-state index in [-0.39, 0.29) is 18.5 Å². The van der Waals surface area contributed by atoms with Crippen LogP contribution >= 0.6 is 11.6 Å². The Hall–Kier alpha value is -1.36. The van der Waals surface area contributed by atoms with Gasteiger partial charge in [0.15, 0.2) is 0 Å². The lowest BCUT2D eigenvalue weighted by Gasteiger charge is -2.15. The van der Waals surface area contributed by atoms with Crippen LogP contribution in [0.3, 0.4) is 0 Å². The Kier molecular flexibility index (Phi) is 3.19. The highest BCUT2D eigenvalue weighted by molar-refractivity contribution is 6.33. The minimum Gasteiger partial charge on any atom is -0.481 e. The Morgan fingerprint density at radius 2 is 2.22 bits per heavy atom. The van der Waals surface area contributed by atoms with E-state index in [2.05, 4.69) is 0 Å². The molecule has 6 heteroatoms. The van der Waals surface area contributed by atoms with Crippen molar-refractivity contribution in [2.45, 2.75) is 24.7 Å². The smallest absolute Gasteiger partial charge is 0.303 e. The zero-order valence-corrected chi connectivity index (χ0v) is 10.1. The molecular weight excluding hydrogens is 264 g/mol. The first kappa shape index (κ1) is 13.1. The molecule has 1 aromatic carbocycles. The van der Waals surface area contributed by atoms with Crippen molar-refractivity contribution in [1.82, 2.24) is 0 Å². The molecule has 18 heavy (non-hydrogen) atoms. The van der Waals surface area contributed by atoms with Crippen molar-refractivity contribution in [1.29, 1.82) is 0 Å². The summed E-state index contributed by atoms with van der Waals surface area (Å²) < 4.78 is 26.2. The van der Waals surface area contributed by atoms with E-state index in [4.69, 9.17) is 22.4 Å². The van der Waals surface area contributed by atoms with Gasteiger partial charge in [-0.05, 0) is 17.7 Å². The summed E-state index contributed by atoms with van der Waals surface area (Å²) in [5.41, 5.74) is 6.38. The van der Waals surface area contributed by atoms with Gasteiger partial charge in [0.1, 0.15) is 0 Å². The second-order valence-corrected chi connectivity index (χ2v) is 4.96. The first-order chi connectivity index (χ1) is 8.31. The van der Waals surface area contributed by atoms with E-state index in [1.54, 1.807) is 6.07 Å². The highest BCUT2D eigenvalue weighted by atomic mass is 35.5. The van der Waals surface area contributed by atoms with E-state index in [9.17, 15) is 13.6 Å². The number of nitrogens with two attached hydrogens (primary N) is 1. The zero-order valence-electron chi connectivity index (χ0n) is 9.37. The molecule has 1 aliphatic carbocycles. The standard InChI is InChI=1S/C12H12ClF2NO2/c13-9-2-1-6(3-10(9)16)7(4-11(17)18)8-5-12(8,14)15/h1-3,7-8H,4-5,16H2,(H,17,18). The van der Waals surface area contributed by atoms with E-state index in [0.717, 1.165) is 0 Å². The molecule has 2 rings (SSSR count). The number of hydrogen-bond acceptors (Lipinski definition) is 2. The van der Waals surface area contributed by atoms with Crippen LogP contribution in [0.1, 0.15) is 24.3 Å². The first-order valence-electron chi connectivity index (χ1n) is 5.46. The molecule has 1 aliphatic rings. The van der Waals surface area contributed by atoms with Crippen LogP contribution in [0.25, 0.3) is 0 Å². The summed E-state index contributed by atoms with van der Waals surface area (Å²) in [6, 6.07) is 4.53. The summed E-state index contributed by atoms with van der Waals surface area (Å²) in [6.45, 7) is 0. The topological polar surface area (TPSA) is 63.3 Å². The zero-order chi connectivity index (χ0) is 13.5. The third-order valence-corrected chi connectivity index (χ3v) is 3.55. The largest absolute Gasteiger partial charge is 0.481 e. The van der Waals surface area contributed by atoms with Crippen LogP contribution in [0.5, 0.6) is 0 Å². The quantitative estimate of drug-likeness (QED) is 0.830. The van der Waals surface area contributed by atoms with Crippen LogP contribution in [0.4, 0.5) is 14.5 Å². The molecule has 2 atom stereocenters. The Labute approximate surface area is 108 Å². The monoisotopic (exact) mass is 275 g/mol. The van der Waals surface area contributed by atoms with Crippen molar-refractivity contribution in [3.8, 4) is 0 Å². The molecule has 1 saturated carbocycles. The van der Waals surface area contributed by atoms with E-state index >= 15 is 0 Å². The molecule has 0 aliphatic heterocycles. The van der Waals surface area contributed by atoms with E-state index in [1.165, 1.54) is 12.1 Å². The summed E-state index contributed by atoms with van der Waals surface area (Å²) in [5, 5.41) is 9.14. The lowest BCUT2D eigenvalue weighted by atomic mass is 9.90. The summed E-state index contributed by atoms with van der Waals surface area (Å²) in [4.78, 5) is 10.8. The molecule has 1 aromatic rings. The van der Waals surface area contributed by atoms with Crippen molar-refractivity contribution < 1.29 is 18.7 Å². The summed E-state index contributed by atoms with van der Waals surface area (Å²) in [7, 11) is 0. The highest BCUT2D eigenvalue weighted by Gasteiger charge is 2.60. The van der Waals surface area contributed by atoms with Gasteiger partial charge in [-0.1, -0.05) is 17.7 Å². The van der Waals surface area contributed by atoms with Gasteiger partial charge in [0.2, 0.25) is 0 Å². The van der Waals surface area contributed by atoms with Crippen LogP contribution < -0.4 is 5.73 Å². The second-order valence-electron chi connectivity index (χ2n) is 4.56. The molecule has 3 N–H and O–H groups in total. The average molecular weight is 276 g/mol. The second kappa shape index (κ2) is 4.39. The molecule has 1 fully saturated rings. The maximum absolute atomic E-state index is 13.1. The molecule has 98 valence electrons. The van der Waals surface area contributed by atoms with E-state index in [0.29, 0.717) is 10.6 Å². The van der Waals surface area contributed by atoms with Crippen molar-refractivity contribution in [3.63, 3.8) is 0 Å². The van der Waals surface area contributed by atoms with Crippen molar-refractivity contribution in [2.24, 2.45) is 5.92 Å². The number of nitrogen functional groups attached to an aromatic ring is 1. The van der Waals surface area contributed by atoms with E-state index < -0.39 is 23.7 Å². The SMILES string of the molecule is Nc1cc(C(CC(=O)O)C2CC2(F)F)ccc1Cl. The maximum atomic E-state index is 13.1. The molecular formula is C12H12ClF2NO2. The number of alkyl halides is 2. The Balaban J connectivity index is 2.28. The fraction of sp³-hybridized carbons (Fsp3) is 0.417. The van der Waals surface area contributed by atoms with Crippen molar-refractivity contribution in [2.75, 3.05) is 5.73 Å². The van der Waals surface area contributed by atoms with Gasteiger partial charge in [-0.25, -0.2) is 8.78 Å². The molecule has 0 bridgehead atoms. The molecule has 0 radical (unpaired) electrons. The van der Waals surface area contributed by atoms with Gasteiger partial charge in [-0.2, -0.15) is 0 Å². The van der Waals surface area contributed by atoms with Crippen LogP contribution in [0.15, 0.2) is 18.2 Å². The van der Waals surface area contributed by atoms with E-state index in [1.807, 2.05) is 0 Å². The van der Waals surface area contributed by atoms with Crippen LogP contribution in [0, 0.1) is 5.92 Å². The van der Waals surface area contributed by atoms with Crippen molar-refractivity contribution >= 4 is 23.3 Å². The van der Waals surface area contributed by atoms with Crippen LogP contribution in [-0.4, -0.2) is 17.0 Å². The summed E-state index contributed by atoms with van der Waals surface area (Å²) in [6.07, 6.45) is -0.602. The number of aliphatic carboxylic acids is 1. The Morgan fingerprint density at radius 1 is 1.61 bits per heavy atom. The predicted octanol–water partition coefficient (Wildman–Crippen LogP) is 3.14. The maximum Gasteiger partial charge on any atom is 0.303 e. The average Bonchev–Trinajstić information content (AvgIpc) is 2.88. The van der Waals surface area contributed by atoms with Gasteiger partial charge in [0.05, 0.1) is 17.1 Å². The number of halogens is 3. The van der Waals surface area contributed by atoms with Gasteiger partial charge in [-0.15, -0.1) is 0 Å². The van der Waals surface area contributed by atoms with Gasteiger partial charge in [-0.3, -0.25) is 4.79 Å². The minimum absolute atomic E-state index is 0.270. The number of carboxylic acid groups (broad SMARTS) is 1. The number of hydrogen-bond donors (Lipinski definition) is 2. The lowest BCUT2D eigenvalue weighted by molar-refractivity contribution is -0.137. The third kappa shape index (κ3) is 2.56. The van der Waals surface area contributed by atoms with Gasteiger partial charge in [0, 0.05) is 18.3 Å². The molecule has 3 nitrogen and oxygen atoms in total. The van der Waals surface area contributed by atoms with Gasteiger partial charge in [0.25, 0.3) is 5.92 Å². The summed E-state index contributed by atoms with van der Waals surface area (Å²) in [5.74, 6) is -5.52. The highest BCUT2D eigenvalue weighted by Crippen LogP contribution is 2.57.